The zero-order chi connectivity index (χ0) is 12.3. The van der Waals surface area contributed by atoms with Crippen LogP contribution in [-0.4, -0.2) is 18.8 Å². The maximum atomic E-state index is 10.7. The fourth-order valence-electron chi connectivity index (χ4n) is 1.98. The van der Waals surface area contributed by atoms with Gasteiger partial charge in [0, 0.05) is 7.11 Å². The molecule has 0 spiro atoms. The van der Waals surface area contributed by atoms with E-state index in [-0.39, 0.29) is 5.92 Å². The average Bonchev–Trinajstić information content (AvgIpc) is 2.21. The third-order valence-electron chi connectivity index (χ3n) is 3.18. The van der Waals surface area contributed by atoms with E-state index in [1.54, 1.807) is 7.11 Å². The van der Waals surface area contributed by atoms with E-state index in [1.165, 1.54) is 0 Å². The summed E-state index contributed by atoms with van der Waals surface area (Å²) in [5, 5.41) is 10.7. The molecule has 0 radical (unpaired) electrons. The Balaban J connectivity index is 3.25. The zero-order valence-corrected chi connectivity index (χ0v) is 10.9. The second kappa shape index (κ2) is 4.98. The van der Waals surface area contributed by atoms with Gasteiger partial charge in [-0.05, 0) is 30.9 Å². The van der Waals surface area contributed by atoms with Crippen LogP contribution in [-0.2, 0) is 10.3 Å². The SMILES string of the molecule is COCC(O)(c1cc(C)ccc1C)C(C)C. The Morgan fingerprint density at radius 2 is 1.94 bits per heavy atom. The molecule has 2 heteroatoms. The van der Waals surface area contributed by atoms with Gasteiger partial charge in [-0.2, -0.15) is 0 Å². The van der Waals surface area contributed by atoms with Gasteiger partial charge in [0.05, 0.1) is 6.61 Å². The third-order valence-corrected chi connectivity index (χ3v) is 3.18. The van der Waals surface area contributed by atoms with Crippen molar-refractivity contribution in [1.82, 2.24) is 0 Å². The van der Waals surface area contributed by atoms with Gasteiger partial charge < -0.3 is 9.84 Å². The largest absolute Gasteiger partial charge is 0.382 e. The van der Waals surface area contributed by atoms with Gasteiger partial charge in [0.25, 0.3) is 0 Å². The fraction of sp³-hybridized carbons (Fsp3) is 0.571. The molecule has 1 N–H and O–H groups in total. The number of aryl methyl sites for hydroxylation is 2. The van der Waals surface area contributed by atoms with Crippen molar-refractivity contribution in [3.05, 3.63) is 34.9 Å². The van der Waals surface area contributed by atoms with Gasteiger partial charge in [-0.25, -0.2) is 0 Å². The first-order chi connectivity index (χ1) is 7.41. The average molecular weight is 222 g/mol. The van der Waals surface area contributed by atoms with Crippen LogP contribution in [0.4, 0.5) is 0 Å². The van der Waals surface area contributed by atoms with Crippen molar-refractivity contribution >= 4 is 0 Å². The highest BCUT2D eigenvalue weighted by atomic mass is 16.5. The molecule has 0 aliphatic heterocycles. The van der Waals surface area contributed by atoms with Crippen LogP contribution in [0.2, 0.25) is 0 Å². The molecule has 1 aromatic rings. The summed E-state index contributed by atoms with van der Waals surface area (Å²) in [6.07, 6.45) is 0. The van der Waals surface area contributed by atoms with E-state index in [9.17, 15) is 5.11 Å². The molecule has 0 aromatic heterocycles. The topological polar surface area (TPSA) is 29.5 Å². The molecule has 1 unspecified atom stereocenters. The molecule has 0 amide bonds. The number of aliphatic hydroxyl groups is 1. The number of hydrogen-bond donors (Lipinski definition) is 1. The van der Waals surface area contributed by atoms with Gasteiger partial charge in [-0.3, -0.25) is 0 Å². The number of hydrogen-bond acceptors (Lipinski definition) is 2. The van der Waals surface area contributed by atoms with Crippen molar-refractivity contribution in [2.45, 2.75) is 33.3 Å². The smallest absolute Gasteiger partial charge is 0.115 e. The molecular formula is C14H22O2. The molecule has 0 fully saturated rings. The summed E-state index contributed by atoms with van der Waals surface area (Å²) < 4.78 is 5.17. The van der Waals surface area contributed by atoms with E-state index in [0.29, 0.717) is 6.61 Å². The van der Waals surface area contributed by atoms with Crippen LogP contribution >= 0.6 is 0 Å². The highest BCUT2D eigenvalue weighted by Crippen LogP contribution is 2.32. The van der Waals surface area contributed by atoms with Gasteiger partial charge in [0.2, 0.25) is 0 Å². The molecule has 1 aromatic carbocycles. The minimum Gasteiger partial charge on any atom is -0.382 e. The van der Waals surface area contributed by atoms with E-state index in [2.05, 4.69) is 6.07 Å². The second-order valence-corrected chi connectivity index (χ2v) is 4.83. The summed E-state index contributed by atoms with van der Waals surface area (Å²) in [6.45, 7) is 8.42. The lowest BCUT2D eigenvalue weighted by Crippen LogP contribution is -2.37. The maximum absolute atomic E-state index is 10.7. The minimum atomic E-state index is -0.898. The van der Waals surface area contributed by atoms with Gasteiger partial charge in [-0.1, -0.05) is 37.6 Å². The van der Waals surface area contributed by atoms with Crippen molar-refractivity contribution < 1.29 is 9.84 Å². The van der Waals surface area contributed by atoms with Crippen molar-refractivity contribution in [3.63, 3.8) is 0 Å². The summed E-state index contributed by atoms with van der Waals surface area (Å²) in [5.41, 5.74) is 2.35. The Labute approximate surface area is 98.3 Å². The van der Waals surface area contributed by atoms with Gasteiger partial charge in [0.15, 0.2) is 0 Å². The highest BCUT2D eigenvalue weighted by Gasteiger charge is 2.34. The summed E-state index contributed by atoms with van der Waals surface area (Å²) in [7, 11) is 1.62. The molecule has 2 nitrogen and oxygen atoms in total. The van der Waals surface area contributed by atoms with E-state index in [1.807, 2.05) is 39.8 Å². The summed E-state index contributed by atoms with van der Waals surface area (Å²) in [5.74, 6) is 0.118. The normalized spacial score (nSPS) is 15.2. The van der Waals surface area contributed by atoms with Crippen LogP contribution in [0.5, 0.6) is 0 Å². The second-order valence-electron chi connectivity index (χ2n) is 4.83. The standard InChI is InChI=1S/C14H22O2/c1-10(2)14(15,9-16-5)13-8-11(3)6-7-12(13)4/h6-8,10,15H,9H2,1-5H3. The van der Waals surface area contributed by atoms with Crippen LogP contribution < -0.4 is 0 Å². The molecule has 0 heterocycles. The highest BCUT2D eigenvalue weighted by molar-refractivity contribution is 5.35. The molecular weight excluding hydrogens is 200 g/mol. The van der Waals surface area contributed by atoms with Crippen LogP contribution in [0.15, 0.2) is 18.2 Å². The molecule has 1 rings (SSSR count). The first kappa shape index (κ1) is 13.2. The van der Waals surface area contributed by atoms with Crippen molar-refractivity contribution in [2.24, 2.45) is 5.92 Å². The van der Waals surface area contributed by atoms with Crippen molar-refractivity contribution in [3.8, 4) is 0 Å². The maximum Gasteiger partial charge on any atom is 0.115 e. The molecule has 0 saturated carbocycles. The fourth-order valence-corrected chi connectivity index (χ4v) is 1.98. The lowest BCUT2D eigenvalue weighted by Gasteiger charge is -2.33. The summed E-state index contributed by atoms with van der Waals surface area (Å²) >= 11 is 0. The van der Waals surface area contributed by atoms with Crippen LogP contribution in [0, 0.1) is 19.8 Å². The quantitative estimate of drug-likeness (QED) is 0.849. The minimum absolute atomic E-state index is 0.118. The van der Waals surface area contributed by atoms with E-state index >= 15 is 0 Å². The van der Waals surface area contributed by atoms with Crippen molar-refractivity contribution in [2.75, 3.05) is 13.7 Å². The zero-order valence-electron chi connectivity index (χ0n) is 10.9. The summed E-state index contributed by atoms with van der Waals surface area (Å²) in [6, 6.07) is 6.16. The lowest BCUT2D eigenvalue weighted by molar-refractivity contribution is -0.0704. The predicted octanol–water partition coefficient (Wildman–Crippen LogP) is 2.79. The molecule has 0 saturated heterocycles. The van der Waals surface area contributed by atoms with Crippen LogP contribution in [0.1, 0.15) is 30.5 Å². The van der Waals surface area contributed by atoms with Crippen molar-refractivity contribution in [1.29, 1.82) is 0 Å². The Hall–Kier alpha value is -0.860. The van der Waals surface area contributed by atoms with Crippen LogP contribution in [0.25, 0.3) is 0 Å². The number of ether oxygens (including phenoxy) is 1. The van der Waals surface area contributed by atoms with E-state index in [4.69, 9.17) is 4.74 Å². The summed E-state index contributed by atoms with van der Waals surface area (Å²) in [4.78, 5) is 0. The first-order valence-corrected chi connectivity index (χ1v) is 5.71. The van der Waals surface area contributed by atoms with Crippen LogP contribution in [0.3, 0.4) is 0 Å². The molecule has 0 aliphatic rings. The molecule has 0 bridgehead atoms. The number of methoxy groups -OCH3 is 1. The molecule has 90 valence electrons. The van der Waals surface area contributed by atoms with E-state index < -0.39 is 5.60 Å². The third kappa shape index (κ3) is 2.45. The molecule has 1 atom stereocenters. The van der Waals surface area contributed by atoms with Gasteiger partial charge >= 0.3 is 0 Å². The molecule has 0 aliphatic carbocycles. The molecule has 16 heavy (non-hydrogen) atoms. The Morgan fingerprint density at radius 1 is 1.31 bits per heavy atom. The Kier molecular flexibility index (Phi) is 4.11. The Morgan fingerprint density at radius 3 is 2.44 bits per heavy atom. The lowest BCUT2D eigenvalue weighted by atomic mass is 9.81. The number of benzene rings is 1. The Bertz CT molecular complexity index is 358. The first-order valence-electron chi connectivity index (χ1n) is 5.71. The monoisotopic (exact) mass is 222 g/mol. The van der Waals surface area contributed by atoms with Gasteiger partial charge in [0.1, 0.15) is 5.60 Å². The van der Waals surface area contributed by atoms with Gasteiger partial charge in [-0.15, -0.1) is 0 Å². The number of rotatable bonds is 4. The predicted molar refractivity (Wildman–Crippen MR) is 66.5 cm³/mol. The van der Waals surface area contributed by atoms with E-state index in [0.717, 1.165) is 16.7 Å².